The van der Waals surface area contributed by atoms with E-state index in [4.69, 9.17) is 21.1 Å². The largest absolute Gasteiger partial charge is 0.493 e. The first-order chi connectivity index (χ1) is 13.3. The molecule has 1 N–H and O–H groups in total. The predicted molar refractivity (Wildman–Crippen MR) is 104 cm³/mol. The molecule has 9 heteroatoms. The fourth-order valence-corrected chi connectivity index (χ4v) is 5.14. The minimum Gasteiger partial charge on any atom is -0.493 e. The fourth-order valence-electron chi connectivity index (χ4n) is 3.41. The third-order valence-corrected chi connectivity index (χ3v) is 6.92. The number of ether oxygens (including phenoxy) is 2. The molecule has 2 aromatic carbocycles. The van der Waals surface area contributed by atoms with Crippen LogP contribution in [0.5, 0.6) is 11.5 Å². The molecule has 28 heavy (non-hydrogen) atoms. The Morgan fingerprint density at radius 2 is 1.79 bits per heavy atom. The Hall–Kier alpha value is -2.29. The van der Waals surface area contributed by atoms with Crippen LogP contribution in [0, 0.1) is 0 Å². The highest BCUT2D eigenvalue weighted by Crippen LogP contribution is 2.41. The van der Waals surface area contributed by atoms with Crippen molar-refractivity contribution in [2.24, 2.45) is 0 Å². The van der Waals surface area contributed by atoms with Crippen molar-refractivity contribution >= 4 is 27.6 Å². The monoisotopic (exact) mass is 425 g/mol. The fraction of sp³-hybridized carbons (Fsp3) is 0.316. The highest BCUT2D eigenvalue weighted by molar-refractivity contribution is 7.89. The number of fused-ring (bicyclic) bond motifs is 1. The molecule has 150 valence electrons. The molecule has 7 nitrogen and oxygen atoms in total. The Labute approximate surface area is 168 Å². The van der Waals surface area contributed by atoms with Crippen LogP contribution in [-0.4, -0.2) is 44.6 Å². The van der Waals surface area contributed by atoms with E-state index < -0.39 is 22.0 Å². The average Bonchev–Trinajstić information content (AvgIpc) is 2.66. The third-order valence-electron chi connectivity index (χ3n) is 4.74. The van der Waals surface area contributed by atoms with Gasteiger partial charge in [-0.05, 0) is 53.9 Å². The van der Waals surface area contributed by atoms with Crippen LogP contribution in [0.4, 0.5) is 0 Å². The lowest BCUT2D eigenvalue weighted by atomic mass is 9.92. The number of carbonyl (C=O) groups is 1. The first-order valence-corrected chi connectivity index (χ1v) is 10.3. The summed E-state index contributed by atoms with van der Waals surface area (Å²) in [6, 6.07) is 8.39. The molecule has 0 radical (unpaired) electrons. The molecular formula is C19H20ClNO6S. The van der Waals surface area contributed by atoms with Gasteiger partial charge in [0.25, 0.3) is 0 Å². The maximum Gasteiger partial charge on any atom is 0.305 e. The van der Waals surface area contributed by atoms with Crippen LogP contribution in [0.15, 0.2) is 41.3 Å². The van der Waals surface area contributed by atoms with Gasteiger partial charge in [-0.2, -0.15) is 4.31 Å². The number of hydrogen-bond acceptors (Lipinski definition) is 5. The topological polar surface area (TPSA) is 93.1 Å². The van der Waals surface area contributed by atoms with Crippen molar-refractivity contribution in [3.8, 4) is 11.5 Å². The number of benzene rings is 2. The van der Waals surface area contributed by atoms with Crippen molar-refractivity contribution < 1.29 is 27.8 Å². The van der Waals surface area contributed by atoms with E-state index in [1.54, 1.807) is 12.1 Å². The van der Waals surface area contributed by atoms with Crippen molar-refractivity contribution in [2.75, 3.05) is 20.8 Å². The Balaban J connectivity index is 2.10. The molecule has 1 unspecified atom stereocenters. The molecule has 1 heterocycles. The molecule has 0 fully saturated rings. The lowest BCUT2D eigenvalue weighted by Gasteiger charge is -2.36. The van der Waals surface area contributed by atoms with Gasteiger partial charge in [-0.15, -0.1) is 0 Å². The zero-order chi connectivity index (χ0) is 20.5. The van der Waals surface area contributed by atoms with E-state index in [-0.39, 0.29) is 17.9 Å². The second kappa shape index (κ2) is 7.98. The van der Waals surface area contributed by atoms with Gasteiger partial charge in [0.2, 0.25) is 10.0 Å². The number of sulfonamides is 1. The van der Waals surface area contributed by atoms with Crippen LogP contribution in [0.25, 0.3) is 0 Å². The zero-order valence-electron chi connectivity index (χ0n) is 15.4. The van der Waals surface area contributed by atoms with Crippen LogP contribution in [0.3, 0.4) is 0 Å². The van der Waals surface area contributed by atoms with E-state index in [1.165, 1.54) is 42.8 Å². The number of halogens is 1. The molecule has 0 spiro atoms. The van der Waals surface area contributed by atoms with Gasteiger partial charge in [0, 0.05) is 11.6 Å². The Morgan fingerprint density at radius 1 is 1.18 bits per heavy atom. The standard InChI is InChI=1S/C19H20ClNO6S/c1-26-17-9-12-7-8-21(28(24,25)14-5-3-13(20)4-6-14)16(11-19(22)23)15(12)10-18(17)27-2/h3-6,9-10,16H,7-8,11H2,1-2H3,(H,22,23). The second-order valence-electron chi connectivity index (χ2n) is 6.34. The maximum atomic E-state index is 13.2. The first kappa shape index (κ1) is 20.4. The van der Waals surface area contributed by atoms with Gasteiger partial charge in [-0.25, -0.2) is 8.42 Å². The quantitative estimate of drug-likeness (QED) is 0.764. The second-order valence-corrected chi connectivity index (χ2v) is 8.67. The molecule has 0 bridgehead atoms. The summed E-state index contributed by atoms with van der Waals surface area (Å²) in [7, 11) is -0.926. The molecule has 1 aliphatic heterocycles. The minimum atomic E-state index is -3.91. The number of nitrogens with zero attached hydrogens (tertiary/aromatic N) is 1. The minimum absolute atomic E-state index is 0.0659. The summed E-state index contributed by atoms with van der Waals surface area (Å²) >= 11 is 5.86. The van der Waals surface area contributed by atoms with E-state index in [9.17, 15) is 18.3 Å². The number of hydrogen-bond donors (Lipinski definition) is 1. The van der Waals surface area contributed by atoms with Crippen molar-refractivity contribution in [3.05, 3.63) is 52.5 Å². The Morgan fingerprint density at radius 3 is 2.36 bits per heavy atom. The van der Waals surface area contributed by atoms with Gasteiger partial charge in [0.1, 0.15) is 0 Å². The van der Waals surface area contributed by atoms with E-state index in [0.29, 0.717) is 28.5 Å². The van der Waals surface area contributed by atoms with Crippen LogP contribution in [0.2, 0.25) is 5.02 Å². The molecule has 2 aromatic rings. The number of aliphatic carboxylic acids is 1. The Bertz CT molecular complexity index is 990. The van der Waals surface area contributed by atoms with E-state index in [0.717, 1.165) is 5.56 Å². The van der Waals surface area contributed by atoms with Crippen molar-refractivity contribution in [1.82, 2.24) is 4.31 Å². The van der Waals surface area contributed by atoms with Crippen molar-refractivity contribution in [3.63, 3.8) is 0 Å². The summed E-state index contributed by atoms with van der Waals surface area (Å²) in [4.78, 5) is 11.6. The molecule has 0 saturated carbocycles. The lowest BCUT2D eigenvalue weighted by molar-refractivity contribution is -0.138. The SMILES string of the molecule is COc1cc2c(cc1OC)C(CC(=O)O)N(S(=O)(=O)c1ccc(Cl)cc1)CC2. The maximum absolute atomic E-state index is 13.2. The highest BCUT2D eigenvalue weighted by atomic mass is 35.5. The molecular weight excluding hydrogens is 406 g/mol. The summed E-state index contributed by atoms with van der Waals surface area (Å²) in [5, 5.41) is 9.83. The smallest absolute Gasteiger partial charge is 0.305 e. The van der Waals surface area contributed by atoms with Crippen LogP contribution in [0.1, 0.15) is 23.6 Å². The molecule has 0 amide bonds. The van der Waals surface area contributed by atoms with Crippen LogP contribution >= 0.6 is 11.6 Å². The summed E-state index contributed by atoms with van der Waals surface area (Å²) in [5.41, 5.74) is 1.44. The first-order valence-electron chi connectivity index (χ1n) is 8.52. The van der Waals surface area contributed by atoms with E-state index in [2.05, 4.69) is 0 Å². The summed E-state index contributed by atoms with van der Waals surface area (Å²) in [6.07, 6.45) is 0.0634. The molecule has 1 aliphatic rings. The molecule has 0 saturated heterocycles. The molecule has 1 atom stereocenters. The van der Waals surface area contributed by atoms with Gasteiger partial charge >= 0.3 is 5.97 Å². The normalized spacial score (nSPS) is 17.0. The van der Waals surface area contributed by atoms with Gasteiger partial charge in [-0.3, -0.25) is 4.79 Å². The van der Waals surface area contributed by atoms with E-state index in [1.807, 2.05) is 0 Å². The van der Waals surface area contributed by atoms with Gasteiger partial charge in [0.15, 0.2) is 11.5 Å². The average molecular weight is 426 g/mol. The third kappa shape index (κ3) is 3.80. The summed E-state index contributed by atoms with van der Waals surface area (Å²) < 4.78 is 38.3. The molecule has 3 rings (SSSR count). The molecule has 0 aliphatic carbocycles. The Kier molecular flexibility index (Phi) is 5.83. The van der Waals surface area contributed by atoms with Gasteiger partial charge < -0.3 is 14.6 Å². The number of methoxy groups -OCH3 is 2. The summed E-state index contributed by atoms with van der Waals surface area (Å²) in [5.74, 6) is -0.157. The van der Waals surface area contributed by atoms with Crippen LogP contribution in [-0.2, 0) is 21.2 Å². The molecule has 0 aromatic heterocycles. The highest BCUT2D eigenvalue weighted by Gasteiger charge is 2.38. The van der Waals surface area contributed by atoms with Gasteiger partial charge in [-0.1, -0.05) is 11.6 Å². The lowest BCUT2D eigenvalue weighted by Crippen LogP contribution is -2.41. The number of carboxylic acid groups (broad SMARTS) is 1. The van der Waals surface area contributed by atoms with Crippen LogP contribution < -0.4 is 9.47 Å². The number of rotatable bonds is 6. The van der Waals surface area contributed by atoms with E-state index >= 15 is 0 Å². The zero-order valence-corrected chi connectivity index (χ0v) is 17.0. The summed E-state index contributed by atoms with van der Waals surface area (Å²) in [6.45, 7) is 0.158. The van der Waals surface area contributed by atoms with Gasteiger partial charge in [0.05, 0.1) is 31.6 Å². The van der Waals surface area contributed by atoms with Crippen molar-refractivity contribution in [2.45, 2.75) is 23.8 Å². The van der Waals surface area contributed by atoms with Crippen molar-refractivity contribution in [1.29, 1.82) is 0 Å². The number of carboxylic acids is 1. The predicted octanol–water partition coefficient (Wildman–Crippen LogP) is 3.12.